The van der Waals surface area contributed by atoms with E-state index in [2.05, 4.69) is 10.6 Å². The Hall–Kier alpha value is -2.13. The predicted octanol–water partition coefficient (Wildman–Crippen LogP) is 1.62. The molecule has 8 heteroatoms. The maximum atomic E-state index is 13.1. The Morgan fingerprint density at radius 3 is 2.59 bits per heavy atom. The average Bonchev–Trinajstić information content (AvgIpc) is 3.41. The number of ketones is 2. The van der Waals surface area contributed by atoms with Gasteiger partial charge in [-0.25, -0.2) is 0 Å². The number of furan rings is 1. The summed E-state index contributed by atoms with van der Waals surface area (Å²) in [5.41, 5.74) is 0.781. The standard InChI is InChI=1S/C21H20N2O4S2/c24-10-13-18(16(28)8-22-13)21(26)20-19(17(29)9-23-20)14(25)6-5-12-7-11-3-1-2-4-15(11)27-12/h1-4,7,10,13,18-20,22-23H,5-6,8-9H2/t13-,18?,19?,20+/m1/s1. The number of fused-ring (bicyclic) bond motifs is 1. The van der Waals surface area contributed by atoms with E-state index in [4.69, 9.17) is 28.9 Å². The fourth-order valence-corrected chi connectivity index (χ4v) is 4.82. The second-order valence-corrected chi connectivity index (χ2v) is 8.46. The molecule has 29 heavy (non-hydrogen) atoms. The smallest absolute Gasteiger partial charge is 0.160 e. The van der Waals surface area contributed by atoms with Gasteiger partial charge in [-0.2, -0.15) is 0 Å². The van der Waals surface area contributed by atoms with Crippen LogP contribution in [0.15, 0.2) is 34.7 Å². The second kappa shape index (κ2) is 8.31. The summed E-state index contributed by atoms with van der Waals surface area (Å²) in [6, 6.07) is 8.21. The van der Waals surface area contributed by atoms with E-state index >= 15 is 0 Å². The minimum atomic E-state index is -0.740. The zero-order valence-corrected chi connectivity index (χ0v) is 17.2. The van der Waals surface area contributed by atoms with Crippen LogP contribution in [0.3, 0.4) is 0 Å². The number of thiocarbonyl (C=S) groups is 2. The molecule has 0 spiro atoms. The molecule has 2 aliphatic heterocycles. The zero-order chi connectivity index (χ0) is 20.5. The van der Waals surface area contributed by atoms with E-state index in [9.17, 15) is 14.4 Å². The van der Waals surface area contributed by atoms with Gasteiger partial charge in [0.15, 0.2) is 5.78 Å². The first-order valence-electron chi connectivity index (χ1n) is 9.51. The summed E-state index contributed by atoms with van der Waals surface area (Å²) in [5, 5.41) is 6.99. The van der Waals surface area contributed by atoms with Crippen molar-refractivity contribution in [3.05, 3.63) is 36.1 Å². The Balaban J connectivity index is 1.47. The van der Waals surface area contributed by atoms with Crippen LogP contribution < -0.4 is 10.6 Å². The van der Waals surface area contributed by atoms with Crippen molar-refractivity contribution in [1.29, 1.82) is 0 Å². The van der Waals surface area contributed by atoms with Crippen molar-refractivity contribution >= 4 is 63.0 Å². The van der Waals surface area contributed by atoms with Gasteiger partial charge in [0.05, 0.1) is 23.9 Å². The molecule has 4 rings (SSSR count). The van der Waals surface area contributed by atoms with Gasteiger partial charge in [0.2, 0.25) is 0 Å². The van der Waals surface area contributed by atoms with Crippen molar-refractivity contribution in [1.82, 2.24) is 10.6 Å². The van der Waals surface area contributed by atoms with Crippen LogP contribution in [0.25, 0.3) is 11.0 Å². The van der Waals surface area contributed by atoms with Crippen molar-refractivity contribution in [2.24, 2.45) is 11.8 Å². The number of nitrogens with one attached hydrogen (secondary N) is 2. The highest BCUT2D eigenvalue weighted by atomic mass is 32.1. The largest absolute Gasteiger partial charge is 0.461 e. The minimum Gasteiger partial charge on any atom is -0.461 e. The molecule has 0 bridgehead atoms. The number of hydrogen-bond acceptors (Lipinski definition) is 8. The lowest BCUT2D eigenvalue weighted by Crippen LogP contribution is -2.47. The highest BCUT2D eigenvalue weighted by Gasteiger charge is 2.47. The maximum Gasteiger partial charge on any atom is 0.160 e. The first-order chi connectivity index (χ1) is 14.0. The number of rotatable bonds is 7. The van der Waals surface area contributed by atoms with Crippen LogP contribution in [0.4, 0.5) is 0 Å². The first kappa shape index (κ1) is 20.2. The molecule has 0 saturated carbocycles. The summed E-state index contributed by atoms with van der Waals surface area (Å²) in [6.45, 7) is 0.669. The minimum absolute atomic E-state index is 0.0988. The van der Waals surface area contributed by atoms with E-state index in [1.165, 1.54) is 0 Å². The summed E-state index contributed by atoms with van der Waals surface area (Å²) in [5.74, 6) is -0.997. The molecule has 3 heterocycles. The molecule has 2 unspecified atom stereocenters. The Labute approximate surface area is 178 Å². The maximum absolute atomic E-state index is 13.1. The molecular weight excluding hydrogens is 408 g/mol. The van der Waals surface area contributed by atoms with Gasteiger partial charge in [-0.05, 0) is 12.1 Å². The van der Waals surface area contributed by atoms with Crippen LogP contribution in [0, 0.1) is 11.8 Å². The fraction of sp³-hybridized carbons (Fsp3) is 0.381. The number of carbonyl (C=O) groups excluding carboxylic acids is 3. The van der Waals surface area contributed by atoms with E-state index < -0.39 is 23.9 Å². The molecule has 1 aromatic heterocycles. The molecule has 4 atom stereocenters. The van der Waals surface area contributed by atoms with Crippen molar-refractivity contribution in [2.75, 3.05) is 13.1 Å². The molecule has 1 aromatic carbocycles. The van der Waals surface area contributed by atoms with Gasteiger partial charge < -0.3 is 19.8 Å². The van der Waals surface area contributed by atoms with E-state index in [1.54, 1.807) is 0 Å². The Morgan fingerprint density at radius 2 is 1.83 bits per heavy atom. The molecule has 150 valence electrons. The highest BCUT2D eigenvalue weighted by molar-refractivity contribution is 7.80. The Morgan fingerprint density at radius 1 is 1.10 bits per heavy atom. The third-order valence-corrected chi connectivity index (χ3v) is 6.39. The van der Waals surface area contributed by atoms with Gasteiger partial charge in [-0.15, -0.1) is 0 Å². The van der Waals surface area contributed by atoms with Crippen LogP contribution in [-0.2, 0) is 20.8 Å². The normalized spacial score (nSPS) is 26.9. The molecule has 2 fully saturated rings. The van der Waals surface area contributed by atoms with Gasteiger partial charge >= 0.3 is 0 Å². The average molecular weight is 429 g/mol. The summed E-state index contributed by atoms with van der Waals surface area (Å²) in [6.07, 6.45) is 1.36. The van der Waals surface area contributed by atoms with E-state index in [0.29, 0.717) is 35.5 Å². The number of hydrogen-bond donors (Lipinski definition) is 2. The molecule has 2 N–H and O–H groups in total. The van der Waals surface area contributed by atoms with Crippen molar-refractivity contribution in [3.63, 3.8) is 0 Å². The molecule has 0 amide bonds. The topological polar surface area (TPSA) is 88.4 Å². The monoisotopic (exact) mass is 428 g/mol. The summed E-state index contributed by atoms with van der Waals surface area (Å²) >= 11 is 10.7. The van der Waals surface area contributed by atoms with Crippen LogP contribution in [0.5, 0.6) is 0 Å². The number of benzene rings is 1. The Kier molecular flexibility index (Phi) is 5.78. The molecule has 0 radical (unpaired) electrons. The lowest BCUT2D eigenvalue weighted by Gasteiger charge is -2.22. The van der Waals surface area contributed by atoms with E-state index in [1.807, 2.05) is 30.3 Å². The number of aldehydes is 1. The summed E-state index contributed by atoms with van der Waals surface area (Å²) < 4.78 is 5.77. The van der Waals surface area contributed by atoms with Crippen LogP contribution in [0.2, 0.25) is 0 Å². The lowest BCUT2D eigenvalue weighted by atomic mass is 9.83. The van der Waals surface area contributed by atoms with Gasteiger partial charge in [0.1, 0.15) is 23.4 Å². The van der Waals surface area contributed by atoms with Crippen LogP contribution >= 0.6 is 24.4 Å². The second-order valence-electron chi connectivity index (χ2n) is 7.41. The first-order valence-corrected chi connectivity index (χ1v) is 10.3. The SMILES string of the molecule is O=C[C@H]1NCC(=S)C1C(=O)[C@H]1NCC(=S)C1C(=O)CCc1cc2ccccc2o1. The Bertz CT molecular complexity index is 982. The quantitative estimate of drug-likeness (QED) is 0.508. The van der Waals surface area contributed by atoms with Gasteiger partial charge in [0, 0.05) is 41.0 Å². The molecule has 2 saturated heterocycles. The van der Waals surface area contributed by atoms with Crippen molar-refractivity contribution in [2.45, 2.75) is 24.9 Å². The lowest BCUT2D eigenvalue weighted by molar-refractivity contribution is -0.129. The number of carbonyl (C=O) groups is 3. The van der Waals surface area contributed by atoms with Crippen LogP contribution in [0.1, 0.15) is 12.2 Å². The zero-order valence-electron chi connectivity index (χ0n) is 15.6. The van der Waals surface area contributed by atoms with Crippen molar-refractivity contribution in [3.8, 4) is 0 Å². The van der Waals surface area contributed by atoms with Gasteiger partial charge in [0.25, 0.3) is 0 Å². The molecule has 2 aliphatic rings. The summed E-state index contributed by atoms with van der Waals surface area (Å²) in [4.78, 5) is 38.4. The third-order valence-electron chi connectivity index (χ3n) is 5.60. The number of Topliss-reactive ketones (excluding diaryl/α,β-unsaturated/α-hetero) is 2. The molecule has 2 aromatic rings. The summed E-state index contributed by atoms with van der Waals surface area (Å²) in [7, 11) is 0. The van der Waals surface area contributed by atoms with Gasteiger partial charge in [-0.1, -0.05) is 42.6 Å². The molecule has 6 nitrogen and oxygen atoms in total. The fourth-order valence-electron chi connectivity index (χ4n) is 4.12. The van der Waals surface area contributed by atoms with Gasteiger partial charge in [-0.3, -0.25) is 9.59 Å². The molecule has 0 aliphatic carbocycles. The van der Waals surface area contributed by atoms with E-state index in [0.717, 1.165) is 16.7 Å². The number of aryl methyl sites for hydroxylation is 1. The van der Waals surface area contributed by atoms with Crippen molar-refractivity contribution < 1.29 is 18.8 Å². The molecular formula is C21H20N2O4S2. The van der Waals surface area contributed by atoms with Crippen LogP contribution in [-0.4, -0.2) is 52.8 Å². The third kappa shape index (κ3) is 3.85. The highest BCUT2D eigenvalue weighted by Crippen LogP contribution is 2.26. The predicted molar refractivity (Wildman–Crippen MR) is 116 cm³/mol. The number of para-hydroxylation sites is 1. The van der Waals surface area contributed by atoms with E-state index in [-0.39, 0.29) is 18.0 Å².